The first kappa shape index (κ1) is 23.4. The van der Waals surface area contributed by atoms with E-state index in [0.29, 0.717) is 19.0 Å². The third-order valence-electron chi connectivity index (χ3n) is 6.51. The summed E-state index contributed by atoms with van der Waals surface area (Å²) in [6, 6.07) is 10.5. The largest absolute Gasteiger partial charge is 0.337 e. The molecule has 2 fully saturated rings. The molecule has 2 aliphatic heterocycles. The summed E-state index contributed by atoms with van der Waals surface area (Å²) in [5.41, 5.74) is 1.13. The third kappa shape index (κ3) is 5.76. The quantitative estimate of drug-likeness (QED) is 0.741. The molecule has 3 heterocycles. The minimum Gasteiger partial charge on any atom is -0.337 e. The number of hydrogen-bond acceptors (Lipinski definition) is 5. The fourth-order valence-corrected chi connectivity index (χ4v) is 4.82. The lowest BCUT2D eigenvalue weighted by Gasteiger charge is -2.45. The van der Waals surface area contributed by atoms with Crippen LogP contribution in [0.1, 0.15) is 44.2 Å². The number of amides is 2. The molecule has 178 valence electrons. The van der Waals surface area contributed by atoms with Crippen molar-refractivity contribution in [3.05, 3.63) is 53.9 Å². The average molecular weight is 459 g/mol. The Hall–Kier alpha value is -2.81. The number of alkyl halides is 2. The van der Waals surface area contributed by atoms with Gasteiger partial charge in [-0.25, -0.2) is 23.5 Å². The summed E-state index contributed by atoms with van der Waals surface area (Å²) in [5.74, 6) is 0.420. The number of benzene rings is 1. The first-order valence-electron chi connectivity index (χ1n) is 11.6. The van der Waals surface area contributed by atoms with Crippen molar-refractivity contribution in [2.24, 2.45) is 0 Å². The lowest BCUT2D eigenvalue weighted by Crippen LogP contribution is -2.62. The van der Waals surface area contributed by atoms with Crippen LogP contribution in [0.2, 0.25) is 0 Å². The summed E-state index contributed by atoms with van der Waals surface area (Å²) in [6.07, 6.45) is 1.64. The van der Waals surface area contributed by atoms with Gasteiger partial charge in [-0.2, -0.15) is 0 Å². The molecule has 1 N–H and O–H groups in total. The summed E-state index contributed by atoms with van der Waals surface area (Å²) in [5, 5.41) is 3.24. The molecule has 0 aliphatic carbocycles. The molecule has 1 aromatic carbocycles. The molecule has 0 spiro atoms. The second-order valence-corrected chi connectivity index (χ2v) is 9.11. The Bertz CT molecular complexity index is 893. The van der Waals surface area contributed by atoms with Crippen molar-refractivity contribution in [2.45, 2.75) is 57.8 Å². The standard InChI is InChI=1S/C24H32F2N6O/c1-17-14-31(23-27-12-20(13-28-23)22(25)26)15-18(2)32(17)24(33)29-21-8-10-30(11-9-21)16-19-6-4-3-5-7-19/h3-7,12-13,17-18,21-22H,8-11,14-16H2,1-2H3,(H,29,33)/t17-,18+. The first-order chi connectivity index (χ1) is 15.9. The zero-order chi connectivity index (χ0) is 23.4. The number of nitrogens with one attached hydrogen (secondary N) is 1. The van der Waals surface area contributed by atoms with Crippen LogP contribution in [0.5, 0.6) is 0 Å². The maximum Gasteiger partial charge on any atom is 0.318 e. The zero-order valence-corrected chi connectivity index (χ0v) is 19.2. The minimum absolute atomic E-state index is 0.0369. The highest BCUT2D eigenvalue weighted by Crippen LogP contribution is 2.23. The molecule has 2 saturated heterocycles. The van der Waals surface area contributed by atoms with E-state index in [9.17, 15) is 13.6 Å². The highest BCUT2D eigenvalue weighted by molar-refractivity contribution is 5.75. The number of carbonyl (C=O) groups is 1. The first-order valence-corrected chi connectivity index (χ1v) is 11.6. The molecule has 2 aliphatic rings. The van der Waals surface area contributed by atoms with Gasteiger partial charge in [0.25, 0.3) is 6.43 Å². The SMILES string of the molecule is C[C@@H]1CN(c2ncc(C(F)F)cn2)C[C@H](C)N1C(=O)NC1CCN(Cc2ccccc2)CC1. The Morgan fingerprint density at radius 3 is 2.24 bits per heavy atom. The molecule has 0 radical (unpaired) electrons. The lowest BCUT2D eigenvalue weighted by molar-refractivity contribution is 0.129. The number of carbonyl (C=O) groups excluding carboxylic acids is 1. The molecule has 4 rings (SSSR count). The maximum absolute atomic E-state index is 13.1. The van der Waals surface area contributed by atoms with Gasteiger partial charge < -0.3 is 15.1 Å². The van der Waals surface area contributed by atoms with E-state index in [2.05, 4.69) is 44.5 Å². The fraction of sp³-hybridized carbons (Fsp3) is 0.542. The van der Waals surface area contributed by atoms with E-state index >= 15 is 0 Å². The molecular formula is C24H32F2N6O. The number of rotatable bonds is 5. The van der Waals surface area contributed by atoms with Crippen molar-refractivity contribution in [1.82, 2.24) is 25.1 Å². The van der Waals surface area contributed by atoms with Gasteiger partial charge >= 0.3 is 6.03 Å². The summed E-state index contributed by atoms with van der Waals surface area (Å²) >= 11 is 0. The van der Waals surface area contributed by atoms with E-state index in [-0.39, 0.29) is 29.7 Å². The minimum atomic E-state index is -2.58. The number of halogens is 2. The second-order valence-electron chi connectivity index (χ2n) is 9.11. The topological polar surface area (TPSA) is 64.6 Å². The van der Waals surface area contributed by atoms with Crippen molar-refractivity contribution in [3.63, 3.8) is 0 Å². The lowest BCUT2D eigenvalue weighted by atomic mass is 10.0. The van der Waals surface area contributed by atoms with Gasteiger partial charge in [-0.05, 0) is 32.3 Å². The summed E-state index contributed by atoms with van der Waals surface area (Å²) in [4.78, 5) is 27.6. The third-order valence-corrected chi connectivity index (χ3v) is 6.51. The number of piperazine rings is 1. The molecule has 1 aromatic heterocycles. The smallest absolute Gasteiger partial charge is 0.318 e. The van der Waals surface area contributed by atoms with Crippen molar-refractivity contribution >= 4 is 12.0 Å². The fourth-order valence-electron chi connectivity index (χ4n) is 4.82. The van der Waals surface area contributed by atoms with Crippen LogP contribution >= 0.6 is 0 Å². The molecule has 9 heteroatoms. The van der Waals surface area contributed by atoms with Gasteiger partial charge in [0.15, 0.2) is 0 Å². The number of urea groups is 1. The molecule has 7 nitrogen and oxygen atoms in total. The molecule has 33 heavy (non-hydrogen) atoms. The molecule has 2 atom stereocenters. The van der Waals surface area contributed by atoms with Crippen molar-refractivity contribution < 1.29 is 13.6 Å². The Labute approximate surface area is 193 Å². The van der Waals surface area contributed by atoms with Gasteiger partial charge in [-0.1, -0.05) is 30.3 Å². The number of likely N-dealkylation sites (tertiary alicyclic amines) is 1. The van der Waals surface area contributed by atoms with Gasteiger partial charge in [0.2, 0.25) is 5.95 Å². The van der Waals surface area contributed by atoms with Crippen molar-refractivity contribution in [1.29, 1.82) is 0 Å². The molecular weight excluding hydrogens is 426 g/mol. The van der Waals surface area contributed by atoms with Crippen LogP contribution in [0.4, 0.5) is 19.5 Å². The van der Waals surface area contributed by atoms with Crippen LogP contribution in [0, 0.1) is 0 Å². The molecule has 2 amide bonds. The van der Waals surface area contributed by atoms with Crippen LogP contribution in [0.25, 0.3) is 0 Å². The number of aromatic nitrogens is 2. The van der Waals surface area contributed by atoms with Gasteiger partial charge in [-0.3, -0.25) is 4.90 Å². The van der Waals surface area contributed by atoms with Crippen LogP contribution in [0.3, 0.4) is 0 Å². The zero-order valence-electron chi connectivity index (χ0n) is 19.2. The van der Waals surface area contributed by atoms with Crippen LogP contribution in [-0.2, 0) is 6.54 Å². The molecule has 2 aromatic rings. The number of anilines is 1. The summed E-state index contributed by atoms with van der Waals surface area (Å²) in [7, 11) is 0. The maximum atomic E-state index is 13.1. The Balaban J connectivity index is 1.27. The van der Waals surface area contributed by atoms with E-state index in [1.807, 2.05) is 29.7 Å². The predicted octanol–water partition coefficient (Wildman–Crippen LogP) is 3.69. The van der Waals surface area contributed by atoms with Crippen molar-refractivity contribution in [3.8, 4) is 0 Å². The van der Waals surface area contributed by atoms with Gasteiger partial charge in [-0.15, -0.1) is 0 Å². The predicted molar refractivity (Wildman–Crippen MR) is 123 cm³/mol. The van der Waals surface area contributed by atoms with E-state index < -0.39 is 6.43 Å². The van der Waals surface area contributed by atoms with Crippen molar-refractivity contribution in [2.75, 3.05) is 31.1 Å². The Kier molecular flexibility index (Phi) is 7.37. The highest BCUT2D eigenvalue weighted by Gasteiger charge is 2.35. The normalized spacial score (nSPS) is 22.6. The van der Waals surface area contributed by atoms with E-state index in [1.54, 1.807) is 0 Å². The summed E-state index contributed by atoms with van der Waals surface area (Å²) < 4.78 is 25.5. The molecule has 0 bridgehead atoms. The van der Waals surface area contributed by atoms with E-state index in [0.717, 1.165) is 32.5 Å². The summed E-state index contributed by atoms with van der Waals surface area (Å²) in [6.45, 7) is 7.98. The van der Waals surface area contributed by atoms with E-state index in [1.165, 1.54) is 18.0 Å². The molecule has 0 saturated carbocycles. The average Bonchev–Trinajstić information content (AvgIpc) is 2.80. The molecule has 0 unspecified atom stereocenters. The van der Waals surface area contributed by atoms with Crippen LogP contribution in [-0.4, -0.2) is 70.1 Å². The van der Waals surface area contributed by atoms with Gasteiger partial charge in [0.1, 0.15) is 0 Å². The number of hydrogen-bond donors (Lipinski definition) is 1. The van der Waals surface area contributed by atoms with Crippen LogP contribution < -0.4 is 10.2 Å². The van der Waals surface area contributed by atoms with Gasteiger partial charge in [0, 0.05) is 63.2 Å². The second kappa shape index (κ2) is 10.4. The Morgan fingerprint density at radius 1 is 1.06 bits per heavy atom. The van der Waals surface area contributed by atoms with Crippen LogP contribution in [0.15, 0.2) is 42.7 Å². The van der Waals surface area contributed by atoms with Gasteiger partial charge in [0.05, 0.1) is 5.56 Å². The highest BCUT2D eigenvalue weighted by atomic mass is 19.3. The monoisotopic (exact) mass is 458 g/mol. The number of piperidine rings is 1. The Morgan fingerprint density at radius 2 is 1.67 bits per heavy atom. The van der Waals surface area contributed by atoms with E-state index in [4.69, 9.17) is 0 Å². The number of nitrogens with zero attached hydrogens (tertiary/aromatic N) is 5.